The van der Waals surface area contributed by atoms with Crippen LogP contribution in [0.3, 0.4) is 0 Å². The summed E-state index contributed by atoms with van der Waals surface area (Å²) in [5.74, 6) is -0.324. The van der Waals surface area contributed by atoms with Gasteiger partial charge < -0.3 is 15.4 Å². The number of carbonyl (C=O) groups excluding carboxylic acids is 2. The van der Waals surface area contributed by atoms with Crippen molar-refractivity contribution in [2.45, 2.75) is 0 Å². The molecule has 0 aliphatic heterocycles. The minimum atomic E-state index is -0.404. The van der Waals surface area contributed by atoms with Gasteiger partial charge in [0.2, 0.25) is 0 Å². The molecule has 0 aromatic heterocycles. The number of rotatable bonds is 5. The summed E-state index contributed by atoms with van der Waals surface area (Å²) in [6.07, 6.45) is 0. The number of hydrogen-bond donors (Lipinski definition) is 2. The lowest BCUT2D eigenvalue weighted by Gasteiger charge is -2.08. The smallest absolute Gasteiger partial charge is 0.255 e. The van der Waals surface area contributed by atoms with Gasteiger partial charge in [0.05, 0.1) is 7.11 Å². The van der Waals surface area contributed by atoms with Crippen molar-refractivity contribution in [3.8, 4) is 5.75 Å². The van der Waals surface area contributed by atoms with Crippen molar-refractivity contribution in [1.29, 1.82) is 0 Å². The number of amides is 2. The second-order valence-corrected chi connectivity index (χ2v) is 5.72. The van der Waals surface area contributed by atoms with Crippen LogP contribution in [0.1, 0.15) is 20.7 Å². The van der Waals surface area contributed by atoms with Gasteiger partial charge >= 0.3 is 0 Å². The lowest BCUT2D eigenvalue weighted by Crippen LogP contribution is -2.13. The van der Waals surface area contributed by atoms with E-state index in [4.69, 9.17) is 4.74 Å². The Morgan fingerprint density at radius 3 is 1.56 bits per heavy atom. The zero-order chi connectivity index (χ0) is 19.2. The van der Waals surface area contributed by atoms with E-state index >= 15 is 0 Å². The fraction of sp³-hybridized carbons (Fsp3) is 0.0476. The van der Waals surface area contributed by atoms with Crippen LogP contribution in [0.15, 0.2) is 72.8 Å². The molecule has 0 bridgehead atoms. The number of anilines is 2. The molecule has 0 atom stereocenters. The van der Waals surface area contributed by atoms with Crippen molar-refractivity contribution in [1.82, 2.24) is 0 Å². The van der Waals surface area contributed by atoms with Crippen molar-refractivity contribution < 1.29 is 18.7 Å². The third kappa shape index (κ3) is 4.70. The molecule has 3 aromatic rings. The topological polar surface area (TPSA) is 67.4 Å². The van der Waals surface area contributed by atoms with E-state index in [0.717, 1.165) is 0 Å². The van der Waals surface area contributed by atoms with Gasteiger partial charge in [0.1, 0.15) is 11.6 Å². The first-order valence-electron chi connectivity index (χ1n) is 8.17. The first-order valence-corrected chi connectivity index (χ1v) is 8.17. The van der Waals surface area contributed by atoms with E-state index in [1.54, 1.807) is 55.6 Å². The van der Waals surface area contributed by atoms with Gasteiger partial charge in [-0.15, -0.1) is 0 Å². The highest BCUT2D eigenvalue weighted by Crippen LogP contribution is 2.17. The van der Waals surface area contributed by atoms with E-state index in [2.05, 4.69) is 10.6 Å². The number of hydrogen-bond acceptors (Lipinski definition) is 3. The molecule has 5 nitrogen and oxygen atoms in total. The Morgan fingerprint density at radius 1 is 0.704 bits per heavy atom. The van der Waals surface area contributed by atoms with Gasteiger partial charge in [0.15, 0.2) is 0 Å². The highest BCUT2D eigenvalue weighted by Gasteiger charge is 2.09. The van der Waals surface area contributed by atoms with Gasteiger partial charge in [-0.05, 0) is 72.8 Å². The summed E-state index contributed by atoms with van der Waals surface area (Å²) in [7, 11) is 1.57. The van der Waals surface area contributed by atoms with Crippen LogP contribution in [-0.4, -0.2) is 18.9 Å². The summed E-state index contributed by atoms with van der Waals surface area (Å²) < 4.78 is 18.0. The largest absolute Gasteiger partial charge is 0.497 e. The second kappa shape index (κ2) is 8.14. The van der Waals surface area contributed by atoms with Crippen LogP contribution in [0, 0.1) is 5.82 Å². The first kappa shape index (κ1) is 18.1. The Labute approximate surface area is 155 Å². The third-order valence-electron chi connectivity index (χ3n) is 3.86. The fourth-order valence-corrected chi connectivity index (χ4v) is 2.39. The molecule has 3 rings (SSSR count). The molecule has 136 valence electrons. The molecule has 6 heteroatoms. The monoisotopic (exact) mass is 364 g/mol. The quantitative estimate of drug-likeness (QED) is 0.708. The van der Waals surface area contributed by atoms with Gasteiger partial charge in [0, 0.05) is 22.5 Å². The maximum Gasteiger partial charge on any atom is 0.255 e. The molecule has 3 aromatic carbocycles. The minimum Gasteiger partial charge on any atom is -0.497 e. The minimum absolute atomic E-state index is 0.267. The predicted octanol–water partition coefficient (Wildman–Crippen LogP) is 4.34. The van der Waals surface area contributed by atoms with E-state index in [0.29, 0.717) is 28.3 Å². The summed E-state index contributed by atoms with van der Waals surface area (Å²) in [5.41, 5.74) is 1.98. The van der Waals surface area contributed by atoms with Crippen molar-refractivity contribution in [3.05, 3.63) is 89.7 Å². The van der Waals surface area contributed by atoms with Crippen molar-refractivity contribution in [2.24, 2.45) is 0 Å². The number of carbonyl (C=O) groups is 2. The Bertz CT molecular complexity index is 937. The van der Waals surface area contributed by atoms with E-state index < -0.39 is 5.82 Å². The zero-order valence-electron chi connectivity index (χ0n) is 14.5. The Hall–Kier alpha value is -3.67. The average Bonchev–Trinajstić information content (AvgIpc) is 2.69. The Balaban J connectivity index is 1.62. The molecule has 0 unspecified atom stereocenters. The molecule has 0 fully saturated rings. The molecule has 2 amide bonds. The Kier molecular flexibility index (Phi) is 5.47. The highest BCUT2D eigenvalue weighted by atomic mass is 19.1. The molecule has 0 aliphatic carbocycles. The molecular weight excluding hydrogens is 347 g/mol. The van der Waals surface area contributed by atoms with Gasteiger partial charge in [-0.1, -0.05) is 0 Å². The number of halogens is 1. The third-order valence-corrected chi connectivity index (χ3v) is 3.86. The summed E-state index contributed by atoms with van der Waals surface area (Å²) >= 11 is 0. The van der Waals surface area contributed by atoms with Gasteiger partial charge in [0.25, 0.3) is 11.8 Å². The van der Waals surface area contributed by atoms with E-state index in [1.165, 1.54) is 24.3 Å². The maximum atomic E-state index is 12.9. The van der Waals surface area contributed by atoms with E-state index in [-0.39, 0.29) is 11.8 Å². The van der Waals surface area contributed by atoms with Crippen LogP contribution in [0.4, 0.5) is 15.8 Å². The molecule has 0 heterocycles. The van der Waals surface area contributed by atoms with E-state index in [1.807, 2.05) is 0 Å². The standard InChI is InChI=1S/C21H17FN2O3/c1-27-19-12-10-18(11-13-19)24-21(26)15-4-8-17(9-5-15)23-20(25)14-2-6-16(22)7-3-14/h2-13H,1H3,(H,23,25)(H,24,26). The van der Waals surface area contributed by atoms with Gasteiger partial charge in [-0.2, -0.15) is 0 Å². The number of nitrogens with one attached hydrogen (secondary N) is 2. The SMILES string of the molecule is COc1ccc(NC(=O)c2ccc(NC(=O)c3ccc(F)cc3)cc2)cc1. The summed E-state index contributed by atoms with van der Waals surface area (Å²) in [6, 6.07) is 18.7. The van der Waals surface area contributed by atoms with E-state index in [9.17, 15) is 14.0 Å². The van der Waals surface area contributed by atoms with Gasteiger partial charge in [-0.3, -0.25) is 9.59 Å². The van der Waals surface area contributed by atoms with Crippen LogP contribution in [0.25, 0.3) is 0 Å². The first-order chi connectivity index (χ1) is 13.0. The molecule has 0 saturated carbocycles. The van der Waals surface area contributed by atoms with Crippen molar-refractivity contribution in [2.75, 3.05) is 17.7 Å². The highest BCUT2D eigenvalue weighted by molar-refractivity contribution is 6.06. The molecular formula is C21H17FN2O3. The van der Waals surface area contributed by atoms with Crippen LogP contribution in [0.5, 0.6) is 5.75 Å². The second-order valence-electron chi connectivity index (χ2n) is 5.72. The van der Waals surface area contributed by atoms with Crippen molar-refractivity contribution >= 4 is 23.2 Å². The summed E-state index contributed by atoms with van der Waals surface area (Å²) in [4.78, 5) is 24.4. The number of benzene rings is 3. The maximum absolute atomic E-state index is 12.9. The molecule has 0 saturated heterocycles. The molecule has 0 aliphatic rings. The average molecular weight is 364 g/mol. The summed E-state index contributed by atoms with van der Waals surface area (Å²) in [6.45, 7) is 0. The van der Waals surface area contributed by atoms with Crippen LogP contribution >= 0.6 is 0 Å². The number of methoxy groups -OCH3 is 1. The normalized spacial score (nSPS) is 10.1. The Morgan fingerprint density at radius 2 is 1.11 bits per heavy atom. The zero-order valence-corrected chi connectivity index (χ0v) is 14.5. The lowest BCUT2D eigenvalue weighted by atomic mass is 10.1. The van der Waals surface area contributed by atoms with Crippen LogP contribution in [0.2, 0.25) is 0 Å². The van der Waals surface area contributed by atoms with Gasteiger partial charge in [-0.25, -0.2) is 4.39 Å². The van der Waals surface area contributed by atoms with Crippen molar-refractivity contribution in [3.63, 3.8) is 0 Å². The molecule has 0 spiro atoms. The lowest BCUT2D eigenvalue weighted by molar-refractivity contribution is 0.102. The van der Waals surface area contributed by atoms with Crippen LogP contribution < -0.4 is 15.4 Å². The summed E-state index contributed by atoms with van der Waals surface area (Å²) in [5, 5.41) is 5.48. The fourth-order valence-electron chi connectivity index (χ4n) is 2.39. The number of ether oxygens (including phenoxy) is 1. The molecule has 27 heavy (non-hydrogen) atoms. The molecule has 0 radical (unpaired) electrons. The molecule has 2 N–H and O–H groups in total. The van der Waals surface area contributed by atoms with Crippen LogP contribution in [-0.2, 0) is 0 Å². The predicted molar refractivity (Wildman–Crippen MR) is 102 cm³/mol.